The van der Waals surface area contributed by atoms with Gasteiger partial charge in [0.25, 0.3) is 0 Å². The molecule has 1 aliphatic rings. The molecule has 1 atom stereocenters. The van der Waals surface area contributed by atoms with Crippen molar-refractivity contribution in [3.8, 4) is 0 Å². The molecular weight excluding hydrogens is 913 g/mol. The zero-order valence-corrected chi connectivity index (χ0v) is 49.9. The fraction of sp³-hybridized carbons (Fsp3) is 0.941. The molecule has 0 spiro atoms. The highest BCUT2D eigenvalue weighted by atomic mass is 16.6. The number of rotatable bonds is 59. The van der Waals surface area contributed by atoms with Crippen LogP contribution in [0, 0.1) is 11.3 Å². The molecule has 0 aliphatic carbocycles. The number of cyclic esters (lactones) is 2. The number of unbranched alkanes of at least 4 members (excludes halogenated alkanes) is 53. The zero-order chi connectivity index (χ0) is 53.2. The summed E-state index contributed by atoms with van der Waals surface area (Å²) in [6.45, 7) is 1.21. The summed E-state index contributed by atoms with van der Waals surface area (Å²) < 4.78 is 10.6. The maximum absolute atomic E-state index is 12.6. The number of carbonyl (C=O) groups excluding carboxylic acids is 2. The van der Waals surface area contributed by atoms with E-state index in [1.807, 2.05) is 0 Å². The first-order chi connectivity index (χ1) is 36.6. The summed E-state index contributed by atoms with van der Waals surface area (Å²) in [5.74, 6) is -1.40. The minimum atomic E-state index is -1.12. The van der Waals surface area contributed by atoms with Crippen LogP contribution in [-0.2, 0) is 19.1 Å². The Morgan fingerprint density at radius 2 is 0.581 bits per heavy atom. The maximum atomic E-state index is 12.6. The summed E-state index contributed by atoms with van der Waals surface area (Å²) >= 11 is 0. The van der Waals surface area contributed by atoms with Gasteiger partial charge in [-0.3, -0.25) is 9.59 Å². The van der Waals surface area contributed by atoms with Crippen LogP contribution in [0.15, 0.2) is 12.2 Å². The summed E-state index contributed by atoms with van der Waals surface area (Å²) in [5, 5.41) is 19.2. The number of aliphatic hydroxyl groups excluding tert-OH is 2. The van der Waals surface area contributed by atoms with E-state index in [4.69, 9.17) is 9.47 Å². The van der Waals surface area contributed by atoms with Crippen LogP contribution in [0.4, 0.5) is 0 Å². The van der Waals surface area contributed by atoms with Crippen LogP contribution >= 0.6 is 0 Å². The van der Waals surface area contributed by atoms with E-state index in [-0.39, 0.29) is 19.6 Å². The second-order valence-electron chi connectivity index (χ2n) is 24.2. The molecule has 0 bridgehead atoms. The lowest BCUT2D eigenvalue weighted by molar-refractivity contribution is -0.155. The van der Waals surface area contributed by atoms with Gasteiger partial charge in [0.1, 0.15) is 13.2 Å². The van der Waals surface area contributed by atoms with Gasteiger partial charge in [-0.05, 0) is 32.1 Å². The predicted molar refractivity (Wildman–Crippen MR) is 320 cm³/mol. The van der Waals surface area contributed by atoms with Crippen molar-refractivity contribution in [3.63, 3.8) is 0 Å². The molecule has 1 fully saturated rings. The molecule has 1 unspecified atom stereocenters. The van der Waals surface area contributed by atoms with Gasteiger partial charge in [-0.25, -0.2) is 0 Å². The first-order valence-corrected chi connectivity index (χ1v) is 33.8. The highest BCUT2D eigenvalue weighted by molar-refractivity contribution is 5.80. The van der Waals surface area contributed by atoms with Crippen molar-refractivity contribution in [1.82, 2.24) is 0 Å². The second kappa shape index (κ2) is 57.8. The number of esters is 2. The standard InChI is InChI=1S/C68H130O6/c1-2-3-4-5-6-7-8-9-10-11-12-13-14-15-16-17-18-19-20-21-22-23-24-25-26-27-28-29-30-31-32-33-34-35-36-37-38-39-40-41-42-43-44-45-46-47-48-49-50-51-52-53-54-55-56-57-58-59-65-60-66(71)73-63-68(61-69,62-70)64-74-67(65)72/h27-28,65,69-70H,2-26,29-64H2,1H3/b28-27+. The Balaban J connectivity index is 1.67. The minimum absolute atomic E-state index is 0.00475. The first-order valence-electron chi connectivity index (χ1n) is 33.8. The molecule has 1 saturated heterocycles. The molecule has 0 radical (unpaired) electrons. The summed E-state index contributed by atoms with van der Waals surface area (Å²) in [6, 6.07) is 0. The normalized spacial score (nSPS) is 15.1. The van der Waals surface area contributed by atoms with E-state index >= 15 is 0 Å². The van der Waals surface area contributed by atoms with Crippen LogP contribution in [0.3, 0.4) is 0 Å². The third-order valence-corrected chi connectivity index (χ3v) is 16.8. The lowest BCUT2D eigenvalue weighted by atomic mass is 9.92. The molecule has 438 valence electrons. The number of allylic oxidation sites excluding steroid dienone is 2. The van der Waals surface area contributed by atoms with Gasteiger partial charge >= 0.3 is 11.9 Å². The van der Waals surface area contributed by atoms with Crippen molar-refractivity contribution in [3.05, 3.63) is 12.2 Å². The number of ether oxygens (including phenoxy) is 2. The molecule has 2 N–H and O–H groups in total. The Hall–Kier alpha value is -1.40. The fourth-order valence-corrected chi connectivity index (χ4v) is 11.3. The molecule has 74 heavy (non-hydrogen) atoms. The van der Waals surface area contributed by atoms with Crippen molar-refractivity contribution >= 4 is 11.9 Å². The number of aliphatic hydroxyl groups is 2. The molecule has 0 aromatic carbocycles. The number of hydrogen-bond acceptors (Lipinski definition) is 6. The summed E-state index contributed by atoms with van der Waals surface area (Å²) in [5.41, 5.74) is -1.12. The monoisotopic (exact) mass is 1040 g/mol. The average Bonchev–Trinajstić information content (AvgIpc) is 3.47. The van der Waals surface area contributed by atoms with Gasteiger partial charge in [0.15, 0.2) is 0 Å². The third kappa shape index (κ3) is 48.9. The number of carbonyl (C=O) groups is 2. The highest BCUT2D eigenvalue weighted by Gasteiger charge is 2.36. The maximum Gasteiger partial charge on any atom is 0.309 e. The van der Waals surface area contributed by atoms with Crippen LogP contribution in [0.5, 0.6) is 0 Å². The van der Waals surface area contributed by atoms with Crippen molar-refractivity contribution in [1.29, 1.82) is 0 Å². The van der Waals surface area contributed by atoms with E-state index in [0.29, 0.717) is 6.42 Å². The Labute approximate surface area is 462 Å². The van der Waals surface area contributed by atoms with Crippen molar-refractivity contribution in [2.75, 3.05) is 26.4 Å². The van der Waals surface area contributed by atoms with Crippen LogP contribution in [0.1, 0.15) is 373 Å². The van der Waals surface area contributed by atoms with Crippen LogP contribution in [0.2, 0.25) is 0 Å². The molecule has 0 aromatic rings. The minimum Gasteiger partial charge on any atom is -0.465 e. The van der Waals surface area contributed by atoms with Crippen molar-refractivity contribution in [2.24, 2.45) is 11.3 Å². The zero-order valence-electron chi connectivity index (χ0n) is 49.9. The van der Waals surface area contributed by atoms with Gasteiger partial charge in [0.2, 0.25) is 0 Å². The molecule has 6 nitrogen and oxygen atoms in total. The summed E-state index contributed by atoms with van der Waals surface area (Å²) in [7, 11) is 0. The van der Waals surface area contributed by atoms with Gasteiger partial charge in [0, 0.05) is 0 Å². The SMILES string of the molecule is CCCCCCCCCCCCCCCCCCCCCCCCCC/C=C/CCCCCCCCCCCCCCCCCCCCCCCCCCCCCCCC1CC(=O)OCC(CO)(CO)COC1=O. The summed E-state index contributed by atoms with van der Waals surface area (Å²) in [4.78, 5) is 24.8. The van der Waals surface area contributed by atoms with Crippen LogP contribution in [0.25, 0.3) is 0 Å². The molecule has 0 amide bonds. The molecular formula is C68H130O6. The molecule has 1 rings (SSSR count). The fourth-order valence-electron chi connectivity index (χ4n) is 11.3. The van der Waals surface area contributed by atoms with Crippen molar-refractivity contribution < 1.29 is 29.3 Å². The smallest absolute Gasteiger partial charge is 0.309 e. The Morgan fingerprint density at radius 3 is 0.838 bits per heavy atom. The number of hydrogen-bond donors (Lipinski definition) is 2. The van der Waals surface area contributed by atoms with E-state index < -0.39 is 36.5 Å². The first kappa shape index (κ1) is 70.6. The van der Waals surface area contributed by atoms with Crippen LogP contribution in [-0.4, -0.2) is 48.6 Å². The van der Waals surface area contributed by atoms with E-state index in [9.17, 15) is 19.8 Å². The molecule has 6 heteroatoms. The Kier molecular flexibility index (Phi) is 55.1. The predicted octanol–water partition coefficient (Wildman–Crippen LogP) is 21.5. The molecule has 0 aromatic heterocycles. The molecule has 0 saturated carbocycles. The van der Waals surface area contributed by atoms with Crippen molar-refractivity contribution in [2.45, 2.75) is 373 Å². The van der Waals surface area contributed by atoms with Gasteiger partial charge in [-0.2, -0.15) is 0 Å². The second-order valence-corrected chi connectivity index (χ2v) is 24.2. The molecule has 1 heterocycles. The third-order valence-electron chi connectivity index (χ3n) is 16.8. The lowest BCUT2D eigenvalue weighted by Gasteiger charge is -2.27. The van der Waals surface area contributed by atoms with E-state index in [2.05, 4.69) is 19.1 Å². The van der Waals surface area contributed by atoms with E-state index in [0.717, 1.165) is 19.3 Å². The quantitative estimate of drug-likeness (QED) is 0.0358. The van der Waals surface area contributed by atoms with Crippen LogP contribution < -0.4 is 0 Å². The lowest BCUT2D eigenvalue weighted by Crippen LogP contribution is -2.40. The van der Waals surface area contributed by atoms with Gasteiger partial charge in [-0.15, -0.1) is 0 Å². The van der Waals surface area contributed by atoms with Gasteiger partial charge in [0.05, 0.1) is 31.0 Å². The topological polar surface area (TPSA) is 93.1 Å². The van der Waals surface area contributed by atoms with Gasteiger partial charge < -0.3 is 19.7 Å². The largest absolute Gasteiger partial charge is 0.465 e. The van der Waals surface area contributed by atoms with E-state index in [1.54, 1.807) is 0 Å². The highest BCUT2D eigenvalue weighted by Crippen LogP contribution is 2.25. The van der Waals surface area contributed by atoms with E-state index in [1.165, 1.54) is 334 Å². The summed E-state index contributed by atoms with van der Waals surface area (Å²) in [6.07, 6.45) is 83.1. The molecule has 1 aliphatic heterocycles. The van der Waals surface area contributed by atoms with Gasteiger partial charge in [-0.1, -0.05) is 347 Å². The Morgan fingerprint density at radius 1 is 0.351 bits per heavy atom. The average molecular weight is 1040 g/mol. The Bertz CT molecular complexity index is 1160.